The quantitative estimate of drug-likeness (QED) is 0.0734. The van der Waals surface area contributed by atoms with Crippen molar-refractivity contribution in [1.29, 1.82) is 5.26 Å². The summed E-state index contributed by atoms with van der Waals surface area (Å²) in [5.74, 6) is 0. The number of aliphatic hydroxyl groups is 1. The molecule has 0 rings (SSSR count). The number of aliphatic hydroxyl groups excluding tert-OH is 1. The van der Waals surface area contributed by atoms with Crippen molar-refractivity contribution in [2.45, 2.75) is 109 Å². The number of nitrogens with zero attached hydrogens (tertiary/aromatic N) is 1. The normalized spacial score (nSPS) is 12.5. The van der Waals surface area contributed by atoms with Crippen molar-refractivity contribution in [3.63, 3.8) is 0 Å². The predicted octanol–water partition coefficient (Wildman–Crippen LogP) is 5.63. The molecule has 0 aliphatic carbocycles. The van der Waals surface area contributed by atoms with E-state index in [2.05, 4.69) is 13.0 Å². The van der Waals surface area contributed by atoms with E-state index < -0.39 is 6.10 Å². The van der Waals surface area contributed by atoms with Crippen LogP contribution in [0.4, 0.5) is 0 Å². The van der Waals surface area contributed by atoms with Crippen LogP contribution in [0, 0.1) is 11.3 Å². The molecule has 0 aromatic carbocycles. The van der Waals surface area contributed by atoms with Gasteiger partial charge in [-0.25, -0.2) is 0 Å². The summed E-state index contributed by atoms with van der Waals surface area (Å²) in [5.41, 5.74) is 0. The lowest BCUT2D eigenvalue weighted by Crippen LogP contribution is -2.30. The van der Waals surface area contributed by atoms with Crippen LogP contribution < -0.4 is 0 Å². The molecule has 0 bridgehead atoms. The molecule has 19 nitrogen and oxygen atoms in total. The maximum absolute atomic E-state index is 10.9. The number of nitriles is 1. The molecular formula is C51H101NO18. The van der Waals surface area contributed by atoms with Gasteiger partial charge in [-0.15, -0.1) is 0 Å². The lowest BCUT2D eigenvalue weighted by Gasteiger charge is -2.24. The molecule has 70 heavy (non-hydrogen) atoms. The first-order valence-electron chi connectivity index (χ1n) is 26.6. The molecule has 2 unspecified atom stereocenters. The van der Waals surface area contributed by atoms with Gasteiger partial charge in [-0.05, 0) is 19.3 Å². The standard InChI is InChI=1S/C51H101NO18/c1-3-4-5-6-9-12-15-50(53)51(16-13-10-7-8-11-14-17-52)70-49-48-69-47-46-68-45-44-67-43-42-66-41-40-65-39-38-64-37-36-63-35-34-62-33-32-61-31-30-60-29-28-59-27-26-58-25-24-57-23-22-56-21-20-55-19-18-54-2/h50-51,53H,3-16,18-49H2,1-2H3. The number of unbranched alkanes of at least 4 members (excludes halogenated alkanes) is 10. The van der Waals surface area contributed by atoms with E-state index in [0.29, 0.717) is 218 Å². The first-order valence-corrected chi connectivity index (χ1v) is 26.6. The molecule has 0 saturated carbocycles. The van der Waals surface area contributed by atoms with E-state index in [1.807, 2.05) is 0 Å². The van der Waals surface area contributed by atoms with Gasteiger partial charge in [-0.3, -0.25) is 0 Å². The molecule has 0 aliphatic heterocycles. The highest BCUT2D eigenvalue weighted by Gasteiger charge is 2.19. The van der Waals surface area contributed by atoms with Crippen molar-refractivity contribution in [2.24, 2.45) is 0 Å². The molecule has 0 amide bonds. The lowest BCUT2D eigenvalue weighted by atomic mass is 9.99. The molecule has 0 spiro atoms. The van der Waals surface area contributed by atoms with Gasteiger partial charge in [0.2, 0.25) is 0 Å². The summed E-state index contributed by atoms with van der Waals surface area (Å²) < 4.78 is 93.7. The fourth-order valence-electron chi connectivity index (χ4n) is 6.37. The lowest BCUT2D eigenvalue weighted by molar-refractivity contribution is -0.0680. The second-order valence-corrected chi connectivity index (χ2v) is 16.2. The highest BCUT2D eigenvalue weighted by atomic mass is 16.6. The third-order valence-electron chi connectivity index (χ3n) is 10.3. The van der Waals surface area contributed by atoms with Crippen LogP contribution in [-0.4, -0.2) is 236 Å². The fourth-order valence-corrected chi connectivity index (χ4v) is 6.37. The van der Waals surface area contributed by atoms with E-state index in [9.17, 15) is 5.11 Å². The maximum atomic E-state index is 10.9. The summed E-state index contributed by atoms with van der Waals surface area (Å²) in [5, 5.41) is 19.6. The molecule has 0 heterocycles. The van der Waals surface area contributed by atoms with E-state index >= 15 is 0 Å². The van der Waals surface area contributed by atoms with Crippen LogP contribution in [0.2, 0.25) is 0 Å². The van der Waals surface area contributed by atoms with Gasteiger partial charge in [0.25, 0.3) is 0 Å². The van der Waals surface area contributed by atoms with Crippen molar-refractivity contribution < 1.29 is 85.6 Å². The van der Waals surface area contributed by atoms with Crippen LogP contribution in [0.1, 0.15) is 96.8 Å². The van der Waals surface area contributed by atoms with Gasteiger partial charge in [0.05, 0.1) is 230 Å². The Morgan fingerprint density at radius 3 is 0.843 bits per heavy atom. The monoisotopic (exact) mass is 1020 g/mol. The maximum Gasteiger partial charge on any atom is 0.0835 e. The summed E-state index contributed by atoms with van der Waals surface area (Å²) in [7, 11) is 1.64. The first-order chi connectivity index (χ1) is 34.8. The summed E-state index contributed by atoms with van der Waals surface area (Å²) in [6, 6.07) is 2.21. The van der Waals surface area contributed by atoms with E-state index in [1.165, 1.54) is 25.7 Å². The Balaban J connectivity index is 3.35. The zero-order valence-corrected chi connectivity index (χ0v) is 44.0. The minimum Gasteiger partial charge on any atom is -0.390 e. The van der Waals surface area contributed by atoms with Gasteiger partial charge in [-0.1, -0.05) is 71.1 Å². The van der Waals surface area contributed by atoms with Crippen molar-refractivity contribution in [3.05, 3.63) is 0 Å². The van der Waals surface area contributed by atoms with Gasteiger partial charge in [0, 0.05) is 13.5 Å². The Hall–Kier alpha value is -1.23. The number of ether oxygens (including phenoxy) is 17. The van der Waals surface area contributed by atoms with E-state index in [1.54, 1.807) is 7.11 Å². The second kappa shape index (κ2) is 63.9. The van der Waals surface area contributed by atoms with Crippen molar-refractivity contribution >= 4 is 0 Å². The van der Waals surface area contributed by atoms with Crippen LogP contribution in [0.25, 0.3) is 0 Å². The van der Waals surface area contributed by atoms with E-state index in [0.717, 1.165) is 57.8 Å². The molecule has 2 atom stereocenters. The molecule has 0 radical (unpaired) electrons. The molecule has 0 fully saturated rings. The zero-order chi connectivity index (χ0) is 50.4. The largest absolute Gasteiger partial charge is 0.390 e. The first kappa shape index (κ1) is 68.8. The number of hydrogen-bond acceptors (Lipinski definition) is 19. The molecular weight excluding hydrogens is 915 g/mol. The second-order valence-electron chi connectivity index (χ2n) is 16.2. The Bertz CT molecular complexity index is 990. The van der Waals surface area contributed by atoms with Crippen LogP contribution in [0.5, 0.6) is 0 Å². The highest BCUT2D eigenvalue weighted by Crippen LogP contribution is 2.18. The van der Waals surface area contributed by atoms with Crippen LogP contribution in [-0.2, 0) is 80.5 Å². The summed E-state index contributed by atoms with van der Waals surface area (Å²) >= 11 is 0. The Morgan fingerprint density at radius 2 is 0.557 bits per heavy atom. The third kappa shape index (κ3) is 59.3. The predicted molar refractivity (Wildman–Crippen MR) is 266 cm³/mol. The van der Waals surface area contributed by atoms with Crippen molar-refractivity contribution in [1.82, 2.24) is 0 Å². The minimum absolute atomic E-state index is 0.161. The zero-order valence-electron chi connectivity index (χ0n) is 44.0. The molecule has 19 heteroatoms. The van der Waals surface area contributed by atoms with Crippen molar-refractivity contribution in [3.8, 4) is 6.07 Å². The molecule has 0 aliphatic rings. The molecule has 0 aromatic heterocycles. The van der Waals surface area contributed by atoms with Crippen molar-refractivity contribution in [2.75, 3.05) is 219 Å². The Labute approximate surface area is 423 Å². The number of rotatable bonds is 64. The highest BCUT2D eigenvalue weighted by molar-refractivity contribution is 4.71. The van der Waals surface area contributed by atoms with Crippen LogP contribution in [0.3, 0.4) is 0 Å². The van der Waals surface area contributed by atoms with Crippen LogP contribution in [0.15, 0.2) is 0 Å². The van der Waals surface area contributed by atoms with Gasteiger partial charge < -0.3 is 85.6 Å². The molecule has 0 saturated heterocycles. The average Bonchev–Trinajstić information content (AvgIpc) is 3.37. The van der Waals surface area contributed by atoms with Gasteiger partial charge in [0.15, 0.2) is 0 Å². The SMILES string of the molecule is CCCCCCCCC(O)C(CCCCCCCC#N)OCCOCCOCCOCCOCCOCCOCCOCCOCCOCCOCCOCCOCCOCCOCCOCCOC. The summed E-state index contributed by atoms with van der Waals surface area (Å²) in [4.78, 5) is 0. The molecule has 0 aromatic rings. The van der Waals surface area contributed by atoms with E-state index in [-0.39, 0.29) is 6.10 Å². The van der Waals surface area contributed by atoms with Gasteiger partial charge in [-0.2, -0.15) is 5.26 Å². The Kier molecular flexibility index (Phi) is 62.8. The summed E-state index contributed by atoms with van der Waals surface area (Å²) in [6.07, 6.45) is 14.2. The third-order valence-corrected chi connectivity index (χ3v) is 10.3. The summed E-state index contributed by atoms with van der Waals surface area (Å²) in [6.45, 7) is 18.3. The Morgan fingerprint density at radius 1 is 0.314 bits per heavy atom. The number of hydrogen-bond donors (Lipinski definition) is 1. The minimum atomic E-state index is -0.444. The molecule has 1 N–H and O–H groups in total. The van der Waals surface area contributed by atoms with Crippen LogP contribution >= 0.6 is 0 Å². The van der Waals surface area contributed by atoms with Gasteiger partial charge in [0.1, 0.15) is 0 Å². The topological polar surface area (TPSA) is 201 Å². The van der Waals surface area contributed by atoms with E-state index in [4.69, 9.17) is 85.8 Å². The number of methoxy groups -OCH3 is 1. The smallest absolute Gasteiger partial charge is 0.0835 e. The average molecular weight is 1020 g/mol. The fraction of sp³-hybridized carbons (Fsp3) is 0.980. The molecule has 418 valence electrons. The van der Waals surface area contributed by atoms with Gasteiger partial charge >= 0.3 is 0 Å².